The minimum Gasteiger partial charge on any atom is -0.388 e. The second kappa shape index (κ2) is 5.60. The summed E-state index contributed by atoms with van der Waals surface area (Å²) in [6.45, 7) is 5.17. The van der Waals surface area contributed by atoms with Crippen molar-refractivity contribution < 1.29 is 0 Å². The van der Waals surface area contributed by atoms with E-state index in [0.29, 0.717) is 17.4 Å². The highest BCUT2D eigenvalue weighted by atomic mass is 32.1. The van der Waals surface area contributed by atoms with Crippen LogP contribution in [-0.4, -0.2) is 21.5 Å². The summed E-state index contributed by atoms with van der Waals surface area (Å²) in [6, 6.07) is 0. The van der Waals surface area contributed by atoms with Crippen molar-refractivity contribution >= 4 is 23.0 Å². The summed E-state index contributed by atoms with van der Waals surface area (Å²) >= 11 is 4.89. The number of aromatic nitrogens is 2. The minimum atomic E-state index is 0.273. The van der Waals surface area contributed by atoms with Crippen LogP contribution in [0.4, 0.5) is 5.82 Å². The first-order chi connectivity index (χ1) is 7.15. The van der Waals surface area contributed by atoms with Crippen molar-refractivity contribution in [2.75, 3.05) is 11.9 Å². The normalized spacial score (nSPS) is 12.1. The van der Waals surface area contributed by atoms with Crippen molar-refractivity contribution in [2.24, 2.45) is 11.7 Å². The van der Waals surface area contributed by atoms with Gasteiger partial charge in [-0.1, -0.05) is 32.5 Å². The number of nitrogens with zero attached hydrogens (tertiary/aromatic N) is 2. The number of hydrogen-bond acceptors (Lipinski definition) is 4. The zero-order valence-corrected chi connectivity index (χ0v) is 9.84. The average Bonchev–Trinajstić information content (AvgIpc) is 2.26. The maximum absolute atomic E-state index is 5.54. The Labute approximate surface area is 95.3 Å². The van der Waals surface area contributed by atoms with E-state index >= 15 is 0 Å². The lowest BCUT2D eigenvalue weighted by atomic mass is 10.1. The molecule has 15 heavy (non-hydrogen) atoms. The molecule has 1 rings (SSSR count). The number of thiocarbonyl (C=S) groups is 1. The lowest BCUT2D eigenvalue weighted by Crippen LogP contribution is -2.18. The molecule has 0 saturated heterocycles. The molecule has 0 aromatic carbocycles. The smallest absolute Gasteiger partial charge is 0.155 e. The zero-order chi connectivity index (χ0) is 11.3. The molecule has 0 aliphatic carbocycles. The number of nitrogens with two attached hydrogens (primary N) is 1. The largest absolute Gasteiger partial charge is 0.388 e. The van der Waals surface area contributed by atoms with Crippen molar-refractivity contribution in [3.05, 3.63) is 18.1 Å². The van der Waals surface area contributed by atoms with Gasteiger partial charge >= 0.3 is 0 Å². The van der Waals surface area contributed by atoms with Gasteiger partial charge < -0.3 is 11.1 Å². The highest BCUT2D eigenvalue weighted by Gasteiger charge is 2.07. The number of rotatable bonds is 5. The van der Waals surface area contributed by atoms with E-state index in [1.807, 2.05) is 0 Å². The maximum atomic E-state index is 5.54. The van der Waals surface area contributed by atoms with E-state index in [9.17, 15) is 0 Å². The average molecular weight is 224 g/mol. The molecule has 0 fully saturated rings. The van der Waals surface area contributed by atoms with Crippen LogP contribution in [-0.2, 0) is 0 Å². The molecule has 0 saturated carbocycles. The van der Waals surface area contributed by atoms with Gasteiger partial charge in [0.15, 0.2) is 5.82 Å². The molecule has 0 spiro atoms. The molecule has 3 N–H and O–H groups in total. The first kappa shape index (κ1) is 11.8. The third-order valence-electron chi connectivity index (χ3n) is 2.25. The number of anilines is 1. The van der Waals surface area contributed by atoms with Crippen LogP contribution in [0.25, 0.3) is 0 Å². The summed E-state index contributed by atoms with van der Waals surface area (Å²) in [7, 11) is 0. The lowest BCUT2D eigenvalue weighted by molar-refractivity contribution is 0.592. The zero-order valence-electron chi connectivity index (χ0n) is 9.03. The Balaban J connectivity index is 2.72. The van der Waals surface area contributed by atoms with Crippen molar-refractivity contribution in [2.45, 2.75) is 20.3 Å². The molecule has 0 aliphatic heterocycles. The van der Waals surface area contributed by atoms with E-state index in [-0.39, 0.29) is 4.99 Å². The van der Waals surface area contributed by atoms with E-state index < -0.39 is 0 Å². The number of hydrogen-bond donors (Lipinski definition) is 2. The van der Waals surface area contributed by atoms with Crippen molar-refractivity contribution in [3.8, 4) is 0 Å². The van der Waals surface area contributed by atoms with Gasteiger partial charge in [-0.15, -0.1) is 0 Å². The van der Waals surface area contributed by atoms with Crippen LogP contribution < -0.4 is 11.1 Å². The molecule has 1 atom stereocenters. The molecule has 0 amide bonds. The molecule has 0 aliphatic rings. The highest BCUT2D eigenvalue weighted by molar-refractivity contribution is 7.80. The van der Waals surface area contributed by atoms with Gasteiger partial charge in [0.1, 0.15) is 10.7 Å². The van der Waals surface area contributed by atoms with Gasteiger partial charge in [0, 0.05) is 18.9 Å². The van der Waals surface area contributed by atoms with Crippen LogP contribution in [0.1, 0.15) is 26.0 Å². The van der Waals surface area contributed by atoms with Crippen molar-refractivity contribution in [1.29, 1.82) is 0 Å². The van der Waals surface area contributed by atoms with Gasteiger partial charge in [-0.2, -0.15) is 0 Å². The highest BCUT2D eigenvalue weighted by Crippen LogP contribution is 2.09. The molecule has 1 unspecified atom stereocenters. The Bertz CT molecular complexity index is 340. The van der Waals surface area contributed by atoms with Crippen LogP contribution in [0.3, 0.4) is 0 Å². The van der Waals surface area contributed by atoms with E-state index in [1.54, 1.807) is 12.4 Å². The molecule has 0 radical (unpaired) electrons. The van der Waals surface area contributed by atoms with Crippen molar-refractivity contribution in [1.82, 2.24) is 9.97 Å². The van der Waals surface area contributed by atoms with Crippen molar-refractivity contribution in [3.63, 3.8) is 0 Å². The first-order valence-electron chi connectivity index (χ1n) is 4.99. The number of nitrogens with one attached hydrogen (secondary N) is 1. The fourth-order valence-electron chi connectivity index (χ4n) is 1.06. The summed E-state index contributed by atoms with van der Waals surface area (Å²) in [4.78, 5) is 8.53. The Morgan fingerprint density at radius 1 is 1.53 bits per heavy atom. The molecule has 1 aromatic heterocycles. The lowest BCUT2D eigenvalue weighted by Gasteiger charge is -2.12. The molecular formula is C10H16N4S. The second-order valence-corrected chi connectivity index (χ2v) is 3.95. The fraction of sp³-hybridized carbons (Fsp3) is 0.500. The Hall–Kier alpha value is -1.23. The monoisotopic (exact) mass is 224 g/mol. The molecule has 5 heteroatoms. The summed E-state index contributed by atoms with van der Waals surface area (Å²) in [6.07, 6.45) is 4.33. The first-order valence-corrected chi connectivity index (χ1v) is 5.40. The van der Waals surface area contributed by atoms with Crippen LogP contribution in [0.15, 0.2) is 12.4 Å². The van der Waals surface area contributed by atoms with Crippen LogP contribution in [0, 0.1) is 5.92 Å². The minimum absolute atomic E-state index is 0.273. The van der Waals surface area contributed by atoms with Crippen LogP contribution in [0.2, 0.25) is 0 Å². The third kappa shape index (κ3) is 3.43. The van der Waals surface area contributed by atoms with Crippen LogP contribution in [0.5, 0.6) is 0 Å². The van der Waals surface area contributed by atoms with Gasteiger partial charge in [0.2, 0.25) is 0 Å². The maximum Gasteiger partial charge on any atom is 0.155 e. The van der Waals surface area contributed by atoms with E-state index in [1.165, 1.54) is 0 Å². The van der Waals surface area contributed by atoms with Gasteiger partial charge in [-0.3, -0.25) is 0 Å². The second-order valence-electron chi connectivity index (χ2n) is 3.51. The van der Waals surface area contributed by atoms with Gasteiger partial charge in [0.05, 0.1) is 0 Å². The fourth-order valence-corrected chi connectivity index (χ4v) is 1.21. The van der Waals surface area contributed by atoms with Gasteiger partial charge in [-0.05, 0) is 5.92 Å². The van der Waals surface area contributed by atoms with Gasteiger partial charge in [-0.25, -0.2) is 9.97 Å². The molecule has 4 nitrogen and oxygen atoms in total. The molecular weight excluding hydrogens is 208 g/mol. The summed E-state index contributed by atoms with van der Waals surface area (Å²) in [5.41, 5.74) is 6.11. The summed E-state index contributed by atoms with van der Waals surface area (Å²) in [5.74, 6) is 1.26. The summed E-state index contributed by atoms with van der Waals surface area (Å²) in [5, 5.41) is 3.20. The van der Waals surface area contributed by atoms with E-state index in [0.717, 1.165) is 13.0 Å². The van der Waals surface area contributed by atoms with E-state index in [2.05, 4.69) is 29.1 Å². The predicted octanol–water partition coefficient (Wildman–Crippen LogP) is 1.57. The van der Waals surface area contributed by atoms with Gasteiger partial charge in [0.25, 0.3) is 0 Å². The van der Waals surface area contributed by atoms with E-state index in [4.69, 9.17) is 18.0 Å². The molecule has 1 aromatic rings. The predicted molar refractivity (Wildman–Crippen MR) is 65.9 cm³/mol. The van der Waals surface area contributed by atoms with Crippen LogP contribution >= 0.6 is 12.2 Å². The Kier molecular flexibility index (Phi) is 4.42. The standard InChI is InChI=1S/C10H16N4S/c1-3-7(2)6-14-10-8(9(11)15)12-4-5-13-10/h4-5,7H,3,6H2,1-2H3,(H2,11,15)(H,13,14). The summed E-state index contributed by atoms with van der Waals surface area (Å²) < 4.78 is 0. The molecule has 82 valence electrons. The topological polar surface area (TPSA) is 63.8 Å². The quantitative estimate of drug-likeness (QED) is 0.743. The Morgan fingerprint density at radius 3 is 2.80 bits per heavy atom. The molecule has 0 bridgehead atoms. The Morgan fingerprint density at radius 2 is 2.20 bits per heavy atom. The SMILES string of the molecule is CCC(C)CNc1nccnc1C(N)=S. The molecule has 1 heterocycles. The third-order valence-corrected chi connectivity index (χ3v) is 2.44.